The summed E-state index contributed by atoms with van der Waals surface area (Å²) in [4.78, 5) is 12.9. The molecule has 2 atom stereocenters. The highest BCUT2D eigenvalue weighted by Crippen LogP contribution is 2.35. The van der Waals surface area contributed by atoms with Gasteiger partial charge in [-0.05, 0) is 30.0 Å². The number of hydrogen-bond acceptors (Lipinski definition) is 5. The minimum atomic E-state index is -4.81. The number of nitrogens with zero attached hydrogens (tertiary/aromatic N) is 1. The molecule has 0 unspecified atom stereocenters. The number of halogens is 4. The van der Waals surface area contributed by atoms with Crippen molar-refractivity contribution in [1.82, 2.24) is 10.6 Å². The lowest BCUT2D eigenvalue weighted by atomic mass is 10.1. The van der Waals surface area contributed by atoms with E-state index < -0.39 is 51.0 Å². The Bertz CT molecular complexity index is 1150. The van der Waals surface area contributed by atoms with Crippen molar-refractivity contribution in [3.05, 3.63) is 70.7 Å². The van der Waals surface area contributed by atoms with Crippen molar-refractivity contribution in [3.8, 4) is 6.07 Å². The molecule has 1 aliphatic carbocycles. The van der Waals surface area contributed by atoms with Crippen LogP contribution in [0.1, 0.15) is 30.0 Å². The summed E-state index contributed by atoms with van der Waals surface area (Å²) < 4.78 is 67.3. The highest BCUT2D eigenvalue weighted by atomic mass is 35.5. The van der Waals surface area contributed by atoms with Gasteiger partial charge in [0.05, 0.1) is 17.6 Å². The standard InChI is InChI=1S/C22H21ClF3N3O3S/c23-17-9-5-4-8-16(17)12-33(31,32)13-18(20(30)29-21(14-27)10-11-21)28-19(22(24,25)26)15-6-2-1-3-7-15/h1-9,18-19,28H,10-13H2,(H,29,30)/t18-,19-/m0/s1. The second kappa shape index (κ2) is 9.71. The summed E-state index contributed by atoms with van der Waals surface area (Å²) in [7, 11) is -4.07. The summed E-state index contributed by atoms with van der Waals surface area (Å²) in [6, 6.07) is 10.9. The summed E-state index contributed by atoms with van der Waals surface area (Å²) >= 11 is 6.02. The fourth-order valence-electron chi connectivity index (χ4n) is 3.30. The molecule has 0 aromatic heterocycles. The molecule has 2 aromatic rings. The Morgan fingerprint density at radius 1 is 1.12 bits per heavy atom. The summed E-state index contributed by atoms with van der Waals surface area (Å²) in [6.07, 6.45) is -4.12. The van der Waals surface area contributed by atoms with E-state index in [1.165, 1.54) is 36.4 Å². The van der Waals surface area contributed by atoms with Gasteiger partial charge >= 0.3 is 6.18 Å². The van der Waals surface area contributed by atoms with E-state index in [1.54, 1.807) is 18.2 Å². The molecule has 176 valence electrons. The van der Waals surface area contributed by atoms with Crippen LogP contribution in [0.2, 0.25) is 5.02 Å². The van der Waals surface area contributed by atoms with Gasteiger partial charge in [-0.3, -0.25) is 10.1 Å². The van der Waals surface area contributed by atoms with E-state index in [2.05, 4.69) is 10.6 Å². The lowest BCUT2D eigenvalue weighted by Gasteiger charge is -2.28. The molecule has 0 aliphatic heterocycles. The predicted molar refractivity (Wildman–Crippen MR) is 117 cm³/mol. The molecular formula is C22H21ClF3N3O3S. The third kappa shape index (κ3) is 6.69. The van der Waals surface area contributed by atoms with Crippen LogP contribution in [-0.2, 0) is 20.4 Å². The maximum absolute atomic E-state index is 13.9. The molecule has 0 heterocycles. The SMILES string of the molecule is N#CC1(NC(=O)[C@H](CS(=O)(=O)Cc2ccccc2Cl)N[C@@H](c2ccccc2)C(F)(F)F)CC1. The van der Waals surface area contributed by atoms with Crippen LogP contribution in [0.4, 0.5) is 13.2 Å². The molecule has 1 saturated carbocycles. The van der Waals surface area contributed by atoms with Crippen LogP contribution in [0.25, 0.3) is 0 Å². The normalized spacial score (nSPS) is 16.9. The third-order valence-electron chi connectivity index (χ3n) is 5.22. The van der Waals surface area contributed by atoms with Gasteiger partial charge in [-0.15, -0.1) is 0 Å². The van der Waals surface area contributed by atoms with Crippen LogP contribution >= 0.6 is 11.6 Å². The number of nitriles is 1. The van der Waals surface area contributed by atoms with Gasteiger partial charge < -0.3 is 5.32 Å². The van der Waals surface area contributed by atoms with Crippen molar-refractivity contribution < 1.29 is 26.4 Å². The molecule has 1 amide bonds. The Kier molecular flexibility index (Phi) is 7.36. The second-order valence-corrected chi connectivity index (χ2v) is 10.5. The third-order valence-corrected chi connectivity index (χ3v) is 7.19. The Balaban J connectivity index is 1.89. The molecule has 1 aliphatic rings. The maximum Gasteiger partial charge on any atom is 0.407 e. The lowest BCUT2D eigenvalue weighted by molar-refractivity contribution is -0.160. The van der Waals surface area contributed by atoms with Crippen LogP contribution in [0.15, 0.2) is 54.6 Å². The molecule has 0 radical (unpaired) electrons. The smallest absolute Gasteiger partial charge is 0.336 e. The van der Waals surface area contributed by atoms with Crippen molar-refractivity contribution in [2.45, 2.75) is 42.4 Å². The van der Waals surface area contributed by atoms with Crippen LogP contribution in [0.5, 0.6) is 0 Å². The van der Waals surface area contributed by atoms with Gasteiger partial charge in [0.15, 0.2) is 9.84 Å². The van der Waals surface area contributed by atoms with E-state index in [0.29, 0.717) is 12.8 Å². The quantitative estimate of drug-likeness (QED) is 0.548. The molecule has 6 nitrogen and oxygen atoms in total. The Labute approximate surface area is 194 Å². The van der Waals surface area contributed by atoms with Gasteiger partial charge in [-0.2, -0.15) is 18.4 Å². The first kappa shape index (κ1) is 25.0. The number of nitrogens with one attached hydrogen (secondary N) is 2. The molecule has 33 heavy (non-hydrogen) atoms. The van der Waals surface area contributed by atoms with Crippen molar-refractivity contribution in [2.24, 2.45) is 0 Å². The van der Waals surface area contributed by atoms with Gasteiger partial charge in [-0.1, -0.05) is 60.1 Å². The Morgan fingerprint density at radius 2 is 1.73 bits per heavy atom. The fraction of sp³-hybridized carbons (Fsp3) is 0.364. The van der Waals surface area contributed by atoms with Gasteiger partial charge in [0.2, 0.25) is 5.91 Å². The van der Waals surface area contributed by atoms with E-state index in [0.717, 1.165) is 0 Å². The topological polar surface area (TPSA) is 99.1 Å². The zero-order valence-corrected chi connectivity index (χ0v) is 18.8. The highest BCUT2D eigenvalue weighted by Gasteiger charge is 2.48. The predicted octanol–water partition coefficient (Wildman–Crippen LogP) is 3.69. The maximum atomic E-state index is 13.9. The van der Waals surface area contributed by atoms with E-state index in [-0.39, 0.29) is 16.1 Å². The Hall–Kier alpha value is -2.61. The highest BCUT2D eigenvalue weighted by molar-refractivity contribution is 7.90. The summed E-state index contributed by atoms with van der Waals surface area (Å²) in [5, 5.41) is 14.0. The lowest BCUT2D eigenvalue weighted by Crippen LogP contribution is -2.54. The second-order valence-electron chi connectivity index (χ2n) is 7.93. The monoisotopic (exact) mass is 499 g/mol. The molecule has 3 rings (SSSR count). The number of rotatable bonds is 9. The average molecular weight is 500 g/mol. The van der Waals surface area contributed by atoms with Crippen molar-refractivity contribution in [2.75, 3.05) is 5.75 Å². The van der Waals surface area contributed by atoms with Crippen LogP contribution in [0, 0.1) is 11.3 Å². The van der Waals surface area contributed by atoms with E-state index in [4.69, 9.17) is 11.6 Å². The average Bonchev–Trinajstić information content (AvgIpc) is 3.52. The molecule has 11 heteroatoms. The molecule has 0 spiro atoms. The minimum absolute atomic E-state index is 0.173. The van der Waals surface area contributed by atoms with Gasteiger partial charge in [0.25, 0.3) is 0 Å². The first-order valence-corrected chi connectivity index (χ1v) is 12.2. The largest absolute Gasteiger partial charge is 0.407 e. The van der Waals surface area contributed by atoms with Crippen LogP contribution in [-0.4, -0.2) is 37.8 Å². The number of alkyl halides is 3. The van der Waals surface area contributed by atoms with Gasteiger partial charge in [-0.25, -0.2) is 8.42 Å². The zero-order valence-electron chi connectivity index (χ0n) is 17.3. The molecular weight excluding hydrogens is 479 g/mol. The number of sulfone groups is 1. The first-order valence-electron chi connectivity index (χ1n) is 9.99. The minimum Gasteiger partial charge on any atom is -0.336 e. The molecule has 1 fully saturated rings. The summed E-state index contributed by atoms with van der Waals surface area (Å²) in [5.74, 6) is -2.45. The fourth-order valence-corrected chi connectivity index (χ4v) is 5.18. The number of carbonyl (C=O) groups excluding carboxylic acids is 1. The van der Waals surface area contributed by atoms with E-state index >= 15 is 0 Å². The van der Waals surface area contributed by atoms with Gasteiger partial charge in [0.1, 0.15) is 17.6 Å². The molecule has 2 aromatic carbocycles. The molecule has 0 saturated heterocycles. The summed E-state index contributed by atoms with van der Waals surface area (Å²) in [5.41, 5.74) is -1.08. The summed E-state index contributed by atoms with van der Waals surface area (Å²) in [6.45, 7) is 0. The van der Waals surface area contributed by atoms with E-state index in [1.807, 2.05) is 6.07 Å². The van der Waals surface area contributed by atoms with Crippen molar-refractivity contribution >= 4 is 27.3 Å². The van der Waals surface area contributed by atoms with Crippen molar-refractivity contribution in [3.63, 3.8) is 0 Å². The first-order chi connectivity index (χ1) is 15.4. The number of carbonyl (C=O) groups is 1. The van der Waals surface area contributed by atoms with Crippen molar-refractivity contribution in [1.29, 1.82) is 5.26 Å². The number of amides is 1. The van der Waals surface area contributed by atoms with E-state index in [9.17, 15) is 31.6 Å². The van der Waals surface area contributed by atoms with Gasteiger partial charge in [0, 0.05) is 5.02 Å². The molecule has 0 bridgehead atoms. The number of hydrogen-bond donors (Lipinski definition) is 2. The van der Waals surface area contributed by atoms with Crippen LogP contribution < -0.4 is 10.6 Å². The zero-order chi connectivity index (χ0) is 24.3. The molecule has 2 N–H and O–H groups in total. The van der Waals surface area contributed by atoms with Crippen LogP contribution in [0.3, 0.4) is 0 Å². The number of benzene rings is 2. The Morgan fingerprint density at radius 3 is 2.27 bits per heavy atom.